The van der Waals surface area contributed by atoms with E-state index in [2.05, 4.69) is 24.4 Å². The summed E-state index contributed by atoms with van der Waals surface area (Å²) in [7, 11) is 0. The number of benzene rings is 1. The number of hydrogen-bond acceptors (Lipinski definition) is 4. The molecule has 8 nitrogen and oxygen atoms in total. The topological polar surface area (TPSA) is 125 Å². The van der Waals surface area contributed by atoms with Gasteiger partial charge in [-0.2, -0.15) is 6.41 Å². The Hall–Kier alpha value is -3.90. The quantitative estimate of drug-likeness (QED) is 0.249. The fourth-order valence-corrected chi connectivity index (χ4v) is 1.13. The van der Waals surface area contributed by atoms with Gasteiger partial charge in [-0.1, -0.05) is 35.9 Å². The number of aliphatic carboxylic acids is 1. The Kier molecular flexibility index (Phi) is 12.2. The molecule has 4 N–H and O–H groups in total. The smallest absolute Gasteiger partial charge is 0.322 e. The third-order valence-corrected chi connectivity index (χ3v) is 2.14. The molecule has 0 saturated heterocycles. The molecule has 1 rings (SSSR count). The summed E-state index contributed by atoms with van der Waals surface area (Å²) in [6.07, 6.45) is 1.29. The standard InChI is InChI=1S/C7H10N3O5.C7H8.Fm/c11-4-8-1-5(12)9-2-6(13)10-3-7(14)15;1-7-5-3-2-4-6-7;/h1-3H2,(H,8,11)(H,9,12)(H,10,13)(H,14,15);2-6H,1H3;/q-1;;. The Morgan fingerprint density at radius 3 is 1.96 bits per heavy atom. The molecule has 0 aliphatic carbocycles. The van der Waals surface area contributed by atoms with Gasteiger partial charge in [0.25, 0.3) is 0 Å². The SMILES string of the molecule is Cc1ccccc1.O=[C-]NCC(=O)NCC(=O)NCC(=O)O.[Fm]. The molecule has 0 spiro atoms. The summed E-state index contributed by atoms with van der Waals surface area (Å²) in [4.78, 5) is 41.3. The third kappa shape index (κ3) is 14.3. The van der Waals surface area contributed by atoms with Crippen molar-refractivity contribution in [2.75, 3.05) is 19.6 Å². The van der Waals surface area contributed by atoms with Gasteiger partial charge in [0.1, 0.15) is 6.54 Å². The molecule has 0 heterocycles. The first-order chi connectivity index (χ1) is 10.5. The minimum atomic E-state index is -1.17. The predicted molar refractivity (Wildman–Crippen MR) is 78.5 cm³/mol. The molecule has 0 atom stereocenters. The second-order valence-electron chi connectivity index (χ2n) is 4.06. The van der Waals surface area contributed by atoms with Gasteiger partial charge in [0.2, 0.25) is 11.8 Å². The zero-order valence-electron chi connectivity index (χ0n) is 12.4. The fourth-order valence-electron chi connectivity index (χ4n) is 1.13. The van der Waals surface area contributed by atoms with Crippen LogP contribution in [0.4, 0.5) is 0 Å². The normalized spacial score (nSPS) is 8.39. The van der Waals surface area contributed by atoms with Crippen LogP contribution in [0, 0.1) is 6.92 Å². The molecule has 0 aromatic heterocycles. The number of carboxylic acid groups (broad SMARTS) is 1. The number of carboxylic acids is 1. The van der Waals surface area contributed by atoms with Crippen molar-refractivity contribution < 1.29 is 24.3 Å². The van der Waals surface area contributed by atoms with Crippen LogP contribution in [0.25, 0.3) is 0 Å². The summed E-state index contributed by atoms with van der Waals surface area (Å²) in [5.74, 6) is -2.36. The molecule has 3 amide bonds. The maximum absolute atomic E-state index is 10.8. The largest absolute Gasteiger partial charge is 0.522 e. The first kappa shape index (κ1) is 21.4. The molecule has 1 aromatic rings. The molecule has 0 aliphatic rings. The van der Waals surface area contributed by atoms with Crippen LogP contribution in [0.5, 0.6) is 0 Å². The second kappa shape index (κ2) is 13.1. The number of rotatable bonds is 7. The molecule has 0 unspecified atom stereocenters. The van der Waals surface area contributed by atoms with Crippen LogP contribution in [-0.2, 0) is 19.2 Å². The molecule has 132 valence electrons. The Morgan fingerprint density at radius 1 is 1.00 bits per heavy atom. The molecular formula is C14H18FmN3O5-. The Morgan fingerprint density at radius 2 is 1.52 bits per heavy atom. The molecule has 0 fully saturated rings. The number of carbonyl (C=O) groups is 3. The van der Waals surface area contributed by atoms with Crippen LogP contribution in [-0.4, -0.2) is 48.9 Å². The number of carbonyl (C=O) groups excluding carboxylic acids is 3. The summed E-state index contributed by atoms with van der Waals surface area (Å²) in [5.41, 5.74) is 1.32. The molecule has 9 heteroatoms. The maximum Gasteiger partial charge on any atom is 0.322 e. The Labute approximate surface area is 127 Å². The van der Waals surface area contributed by atoms with Crippen molar-refractivity contribution in [3.63, 3.8) is 0 Å². The van der Waals surface area contributed by atoms with Gasteiger partial charge in [-0.3, -0.25) is 14.4 Å². The summed E-state index contributed by atoms with van der Waals surface area (Å²) in [6.45, 7) is 0.956. The number of hydrogen-bond donors (Lipinski definition) is 4. The summed E-state index contributed by atoms with van der Waals surface area (Å²) in [5, 5.41) is 14.4. The first-order valence-electron chi connectivity index (χ1n) is 6.32. The average molecular weight is 565 g/mol. The van der Waals surface area contributed by atoms with E-state index in [0.29, 0.717) is 0 Å². The molecule has 1 aromatic carbocycles. The van der Waals surface area contributed by atoms with Crippen LogP contribution in [0.1, 0.15) is 5.56 Å². The Bertz CT molecular complexity index is 496. The van der Waals surface area contributed by atoms with Crippen LogP contribution in [0.3, 0.4) is 0 Å². The van der Waals surface area contributed by atoms with Crippen molar-refractivity contribution in [2.24, 2.45) is 0 Å². The van der Waals surface area contributed by atoms with Crippen molar-refractivity contribution in [2.45, 2.75) is 6.92 Å². The van der Waals surface area contributed by atoms with E-state index in [9.17, 15) is 19.2 Å². The van der Waals surface area contributed by atoms with E-state index in [-0.39, 0.29) is 13.1 Å². The second-order valence-corrected chi connectivity index (χ2v) is 4.06. The van der Waals surface area contributed by atoms with E-state index in [1.165, 1.54) is 12.0 Å². The van der Waals surface area contributed by atoms with E-state index >= 15 is 0 Å². The van der Waals surface area contributed by atoms with Gasteiger partial charge in [0, 0.05) is 0 Å². The zero-order valence-corrected chi connectivity index (χ0v) is 14.8. The van der Waals surface area contributed by atoms with Crippen molar-refractivity contribution in [1.82, 2.24) is 16.0 Å². The van der Waals surface area contributed by atoms with E-state index in [4.69, 9.17) is 5.11 Å². The zero-order chi connectivity index (χ0) is 16.8. The van der Waals surface area contributed by atoms with Crippen LogP contribution >= 0.6 is 0 Å². The fraction of sp³-hybridized carbons (Fsp3) is 0.286. The predicted octanol–water partition coefficient (Wildman–Crippen LogP) is -1.04. The summed E-state index contributed by atoms with van der Waals surface area (Å²) in [6, 6.07) is 10.3. The molecule has 0 aliphatic heterocycles. The maximum atomic E-state index is 10.8. The van der Waals surface area contributed by atoms with E-state index in [1.54, 1.807) is 0 Å². The van der Waals surface area contributed by atoms with Crippen LogP contribution in [0.2, 0.25) is 0 Å². The molecule has 23 heavy (non-hydrogen) atoms. The number of aryl methyl sites for hydroxylation is 1. The van der Waals surface area contributed by atoms with Gasteiger partial charge in [-0.25, -0.2) is 0 Å². The average Bonchev–Trinajstić information content (AvgIpc) is 2.50. The Balaban J connectivity index is 0. The molecule has 0 bridgehead atoms. The first-order valence-corrected chi connectivity index (χ1v) is 6.32. The number of nitrogens with one attached hydrogen (secondary N) is 3. The van der Waals surface area contributed by atoms with Gasteiger partial charge in [0.15, 0.2) is 0 Å². The van der Waals surface area contributed by atoms with E-state index in [0.717, 1.165) is 0 Å². The minimum Gasteiger partial charge on any atom is -0.522 e. The van der Waals surface area contributed by atoms with Gasteiger partial charge >= 0.3 is 5.97 Å². The minimum absolute atomic E-state index is 0. The molecule has 0 radical (unpaired) electrons. The van der Waals surface area contributed by atoms with Crippen molar-refractivity contribution in [3.05, 3.63) is 35.9 Å². The monoisotopic (exact) mass is 565 g/mol. The summed E-state index contributed by atoms with van der Waals surface area (Å²) < 4.78 is 0. The van der Waals surface area contributed by atoms with Crippen molar-refractivity contribution in [1.29, 1.82) is 0 Å². The van der Waals surface area contributed by atoms with Crippen molar-refractivity contribution in [3.8, 4) is 0 Å². The molecular weight excluding hydrogens is 547 g/mol. The van der Waals surface area contributed by atoms with Gasteiger partial charge in [0.05, 0.1) is 13.1 Å². The van der Waals surface area contributed by atoms with Crippen LogP contribution < -0.4 is 16.0 Å². The number of amides is 3. The van der Waals surface area contributed by atoms with Crippen LogP contribution in [0.15, 0.2) is 30.3 Å². The van der Waals surface area contributed by atoms with Gasteiger partial charge in [-0.05, 0) is 6.92 Å². The van der Waals surface area contributed by atoms with E-state index < -0.39 is 24.3 Å². The van der Waals surface area contributed by atoms with E-state index in [1.807, 2.05) is 28.8 Å². The molecule has 0 saturated carbocycles. The third-order valence-electron chi connectivity index (χ3n) is 2.14. The summed E-state index contributed by atoms with van der Waals surface area (Å²) >= 11 is 0. The van der Waals surface area contributed by atoms with Crippen molar-refractivity contribution >= 4 is 24.2 Å². The van der Waals surface area contributed by atoms with Gasteiger partial charge in [-0.15, -0.1) is 0 Å². The van der Waals surface area contributed by atoms with Gasteiger partial charge < -0.3 is 25.9 Å².